The Morgan fingerprint density at radius 2 is 2.04 bits per heavy atom. The van der Waals surface area contributed by atoms with E-state index < -0.39 is 0 Å². The molecular formula is C17H21N5OS. The first-order valence-corrected chi connectivity index (χ1v) is 8.99. The van der Waals surface area contributed by atoms with E-state index in [9.17, 15) is 0 Å². The van der Waals surface area contributed by atoms with Crippen LogP contribution in [0.2, 0.25) is 0 Å². The van der Waals surface area contributed by atoms with Crippen molar-refractivity contribution >= 4 is 21.4 Å². The molecule has 1 aliphatic heterocycles. The second-order valence-corrected chi connectivity index (χ2v) is 8.08. The fourth-order valence-electron chi connectivity index (χ4n) is 2.79. The summed E-state index contributed by atoms with van der Waals surface area (Å²) in [7, 11) is 0. The van der Waals surface area contributed by atoms with Gasteiger partial charge in [0.15, 0.2) is 0 Å². The van der Waals surface area contributed by atoms with Crippen LogP contribution >= 0.6 is 11.3 Å². The van der Waals surface area contributed by atoms with E-state index in [4.69, 9.17) is 14.8 Å². The normalized spacial score (nSPS) is 18.5. The largest absolute Gasteiger partial charge is 0.488 e. The second kappa shape index (κ2) is 5.73. The molecule has 0 radical (unpaired) electrons. The SMILES string of the molecule is CC(C)(C)c1cn2nc(N3CC[C@H](Oc4ccncc4)C3)sc2n1. The standard InChI is InChI=1S/C17H21N5OS/c1-17(2,3)14-11-22-15(19-14)24-16(20-22)21-9-6-13(10-21)23-12-4-7-18-8-5-12/h4-5,7-8,11,13H,6,9-10H2,1-3H3/t13-/m0/s1. The number of pyridine rings is 1. The first kappa shape index (κ1) is 15.4. The van der Waals surface area contributed by atoms with Crippen LogP contribution in [0.4, 0.5) is 5.13 Å². The molecule has 0 unspecified atom stereocenters. The molecule has 3 aromatic rings. The van der Waals surface area contributed by atoms with Crippen molar-refractivity contribution in [3.05, 3.63) is 36.4 Å². The Morgan fingerprint density at radius 3 is 2.75 bits per heavy atom. The highest BCUT2D eigenvalue weighted by atomic mass is 32.1. The van der Waals surface area contributed by atoms with Crippen LogP contribution in [0.25, 0.3) is 4.96 Å². The number of hydrogen-bond acceptors (Lipinski definition) is 6. The Morgan fingerprint density at radius 1 is 1.25 bits per heavy atom. The van der Waals surface area contributed by atoms with E-state index >= 15 is 0 Å². The van der Waals surface area contributed by atoms with E-state index in [1.54, 1.807) is 23.7 Å². The van der Waals surface area contributed by atoms with Crippen molar-refractivity contribution in [3.63, 3.8) is 0 Å². The zero-order chi connectivity index (χ0) is 16.7. The summed E-state index contributed by atoms with van der Waals surface area (Å²) in [6.45, 7) is 8.31. The van der Waals surface area contributed by atoms with Crippen molar-refractivity contribution in [1.29, 1.82) is 0 Å². The van der Waals surface area contributed by atoms with Gasteiger partial charge in [0.05, 0.1) is 18.4 Å². The molecule has 1 atom stereocenters. The molecule has 0 amide bonds. The topological polar surface area (TPSA) is 55.5 Å². The maximum atomic E-state index is 6.02. The van der Waals surface area contributed by atoms with Crippen LogP contribution in [0.5, 0.6) is 5.75 Å². The molecule has 0 bridgehead atoms. The summed E-state index contributed by atoms with van der Waals surface area (Å²) in [5, 5.41) is 5.72. The van der Waals surface area contributed by atoms with E-state index in [2.05, 4.69) is 30.7 Å². The Labute approximate surface area is 145 Å². The van der Waals surface area contributed by atoms with Crippen LogP contribution in [0.15, 0.2) is 30.7 Å². The third kappa shape index (κ3) is 2.96. The molecule has 4 heterocycles. The van der Waals surface area contributed by atoms with Crippen molar-refractivity contribution in [3.8, 4) is 5.75 Å². The lowest BCUT2D eigenvalue weighted by atomic mass is 9.93. The van der Waals surface area contributed by atoms with Gasteiger partial charge >= 0.3 is 0 Å². The zero-order valence-electron chi connectivity index (χ0n) is 14.1. The van der Waals surface area contributed by atoms with Crippen LogP contribution in [-0.4, -0.2) is 38.8 Å². The number of ether oxygens (including phenoxy) is 1. The summed E-state index contributed by atoms with van der Waals surface area (Å²) in [5.74, 6) is 0.876. The van der Waals surface area contributed by atoms with Gasteiger partial charge in [-0.2, -0.15) is 0 Å². The van der Waals surface area contributed by atoms with Gasteiger partial charge in [-0.25, -0.2) is 9.50 Å². The molecule has 4 rings (SSSR count). The van der Waals surface area contributed by atoms with E-state index in [1.807, 2.05) is 22.8 Å². The molecule has 1 aliphatic rings. The number of rotatable bonds is 3. The summed E-state index contributed by atoms with van der Waals surface area (Å²) in [4.78, 5) is 12.0. The van der Waals surface area contributed by atoms with Gasteiger partial charge in [0, 0.05) is 30.8 Å². The fourth-order valence-corrected chi connectivity index (χ4v) is 3.70. The molecule has 6 nitrogen and oxygen atoms in total. The molecule has 0 aromatic carbocycles. The molecule has 0 spiro atoms. The first-order valence-electron chi connectivity index (χ1n) is 8.17. The lowest BCUT2D eigenvalue weighted by Gasteiger charge is -2.16. The monoisotopic (exact) mass is 343 g/mol. The molecule has 7 heteroatoms. The van der Waals surface area contributed by atoms with E-state index in [1.165, 1.54) is 0 Å². The van der Waals surface area contributed by atoms with Crippen LogP contribution in [-0.2, 0) is 5.41 Å². The van der Waals surface area contributed by atoms with E-state index in [0.717, 1.165) is 41.0 Å². The summed E-state index contributed by atoms with van der Waals surface area (Å²) in [6.07, 6.45) is 6.73. The number of anilines is 1. The van der Waals surface area contributed by atoms with Gasteiger partial charge < -0.3 is 9.64 Å². The van der Waals surface area contributed by atoms with Crippen LogP contribution in [0.1, 0.15) is 32.9 Å². The smallest absolute Gasteiger partial charge is 0.214 e. The average molecular weight is 343 g/mol. The second-order valence-electron chi connectivity index (χ2n) is 7.15. The highest BCUT2D eigenvalue weighted by molar-refractivity contribution is 7.20. The molecule has 0 N–H and O–H groups in total. The van der Waals surface area contributed by atoms with Crippen molar-refractivity contribution in [2.24, 2.45) is 0 Å². The van der Waals surface area contributed by atoms with Gasteiger partial charge in [-0.15, -0.1) is 5.10 Å². The summed E-state index contributed by atoms with van der Waals surface area (Å²) in [6, 6.07) is 3.79. The Balaban J connectivity index is 1.47. The van der Waals surface area contributed by atoms with Gasteiger partial charge in [-0.1, -0.05) is 32.1 Å². The molecule has 3 aromatic heterocycles. The molecular weight excluding hydrogens is 322 g/mol. The minimum atomic E-state index is 0.0463. The average Bonchev–Trinajstić information content (AvgIpc) is 3.20. The lowest BCUT2D eigenvalue weighted by Crippen LogP contribution is -2.24. The minimum Gasteiger partial charge on any atom is -0.488 e. The van der Waals surface area contributed by atoms with Crippen LogP contribution in [0, 0.1) is 0 Å². The van der Waals surface area contributed by atoms with Crippen LogP contribution < -0.4 is 9.64 Å². The maximum absolute atomic E-state index is 6.02. The number of fused-ring (bicyclic) bond motifs is 1. The van der Waals surface area contributed by atoms with Crippen molar-refractivity contribution in [2.45, 2.75) is 38.7 Å². The van der Waals surface area contributed by atoms with Crippen LogP contribution in [0.3, 0.4) is 0 Å². The third-order valence-electron chi connectivity index (χ3n) is 4.17. The summed E-state index contributed by atoms with van der Waals surface area (Å²) >= 11 is 1.64. The third-order valence-corrected chi connectivity index (χ3v) is 5.15. The highest BCUT2D eigenvalue weighted by Gasteiger charge is 2.27. The van der Waals surface area contributed by atoms with Gasteiger partial charge in [-0.3, -0.25) is 4.98 Å². The van der Waals surface area contributed by atoms with Gasteiger partial charge in [0.25, 0.3) is 0 Å². The number of imidazole rings is 1. The quantitative estimate of drug-likeness (QED) is 0.731. The molecule has 1 fully saturated rings. The van der Waals surface area contributed by atoms with Crippen molar-refractivity contribution < 1.29 is 4.74 Å². The fraction of sp³-hybridized carbons (Fsp3) is 0.471. The summed E-state index contributed by atoms with van der Waals surface area (Å²) < 4.78 is 7.92. The van der Waals surface area contributed by atoms with Crippen molar-refractivity contribution in [2.75, 3.05) is 18.0 Å². The predicted octanol–water partition coefficient (Wildman–Crippen LogP) is 3.14. The van der Waals surface area contributed by atoms with E-state index in [-0.39, 0.29) is 11.5 Å². The highest BCUT2D eigenvalue weighted by Crippen LogP contribution is 2.30. The molecule has 0 aliphatic carbocycles. The Kier molecular flexibility index (Phi) is 3.68. The van der Waals surface area contributed by atoms with Gasteiger partial charge in [-0.05, 0) is 12.1 Å². The number of hydrogen-bond donors (Lipinski definition) is 0. The lowest BCUT2D eigenvalue weighted by molar-refractivity contribution is 0.224. The van der Waals surface area contributed by atoms with Gasteiger partial charge in [0.1, 0.15) is 11.9 Å². The molecule has 24 heavy (non-hydrogen) atoms. The van der Waals surface area contributed by atoms with Crippen molar-refractivity contribution in [1.82, 2.24) is 19.6 Å². The maximum Gasteiger partial charge on any atom is 0.214 e. The molecule has 126 valence electrons. The zero-order valence-corrected chi connectivity index (χ0v) is 15.0. The van der Waals surface area contributed by atoms with E-state index in [0.29, 0.717) is 0 Å². The molecule has 1 saturated heterocycles. The minimum absolute atomic E-state index is 0.0463. The number of nitrogens with zero attached hydrogens (tertiary/aromatic N) is 5. The number of aromatic nitrogens is 4. The Hall–Kier alpha value is -2.15. The Bertz CT molecular complexity index is 804. The predicted molar refractivity (Wildman–Crippen MR) is 95.0 cm³/mol. The molecule has 0 saturated carbocycles. The first-order chi connectivity index (χ1) is 11.5. The van der Waals surface area contributed by atoms with Gasteiger partial charge in [0.2, 0.25) is 10.1 Å². The summed E-state index contributed by atoms with van der Waals surface area (Å²) in [5.41, 5.74) is 1.12.